The third kappa shape index (κ3) is 5.61. The van der Waals surface area contributed by atoms with Crippen molar-refractivity contribution in [2.75, 3.05) is 33.9 Å². The van der Waals surface area contributed by atoms with Crippen molar-refractivity contribution in [3.8, 4) is 12.3 Å². The van der Waals surface area contributed by atoms with Crippen molar-refractivity contribution < 1.29 is 4.74 Å². The van der Waals surface area contributed by atoms with Crippen LogP contribution in [-0.2, 0) is 4.74 Å². The van der Waals surface area contributed by atoms with Gasteiger partial charge in [-0.3, -0.25) is 0 Å². The minimum atomic E-state index is 0.779. The molecule has 2 heteroatoms. The molecule has 0 saturated carbocycles. The highest BCUT2D eigenvalue weighted by Crippen LogP contribution is 1.84. The van der Waals surface area contributed by atoms with Crippen molar-refractivity contribution in [2.45, 2.75) is 6.42 Å². The molecule has 0 aromatic rings. The topological polar surface area (TPSA) is 12.5 Å². The number of methoxy groups -OCH3 is 1. The average molecular weight is 141 g/mol. The van der Waals surface area contributed by atoms with Crippen LogP contribution in [0.4, 0.5) is 0 Å². The van der Waals surface area contributed by atoms with Crippen molar-refractivity contribution >= 4 is 0 Å². The zero-order chi connectivity index (χ0) is 7.82. The van der Waals surface area contributed by atoms with Gasteiger partial charge in [0.2, 0.25) is 0 Å². The van der Waals surface area contributed by atoms with Crippen molar-refractivity contribution in [3.63, 3.8) is 0 Å². The van der Waals surface area contributed by atoms with E-state index in [1.165, 1.54) is 0 Å². The van der Waals surface area contributed by atoms with Gasteiger partial charge in [-0.2, -0.15) is 0 Å². The summed E-state index contributed by atoms with van der Waals surface area (Å²) in [7, 11) is 3.74. The molecule has 0 fully saturated rings. The summed E-state index contributed by atoms with van der Waals surface area (Å²) in [6.45, 7) is 2.69. The third-order valence-corrected chi connectivity index (χ3v) is 1.31. The van der Waals surface area contributed by atoms with E-state index >= 15 is 0 Å². The van der Waals surface area contributed by atoms with Crippen LogP contribution in [0, 0.1) is 12.3 Å². The van der Waals surface area contributed by atoms with Crippen LogP contribution in [0.5, 0.6) is 0 Å². The first kappa shape index (κ1) is 9.48. The zero-order valence-corrected chi connectivity index (χ0v) is 6.76. The lowest BCUT2D eigenvalue weighted by atomic mass is 10.4. The normalized spacial score (nSPS) is 9.80. The summed E-state index contributed by atoms with van der Waals surface area (Å²) in [5.74, 6) is 2.59. The van der Waals surface area contributed by atoms with Gasteiger partial charge in [-0.15, -0.1) is 12.3 Å². The molecule has 0 aliphatic carbocycles. The second kappa shape index (κ2) is 6.60. The van der Waals surface area contributed by atoms with Gasteiger partial charge < -0.3 is 9.64 Å². The summed E-state index contributed by atoms with van der Waals surface area (Å²) in [5, 5.41) is 0. The lowest BCUT2D eigenvalue weighted by molar-refractivity contribution is 0.162. The van der Waals surface area contributed by atoms with E-state index in [2.05, 4.69) is 10.8 Å². The lowest BCUT2D eigenvalue weighted by Crippen LogP contribution is -2.23. The minimum Gasteiger partial charge on any atom is -0.383 e. The third-order valence-electron chi connectivity index (χ3n) is 1.31. The first-order valence-corrected chi connectivity index (χ1v) is 3.42. The quantitative estimate of drug-likeness (QED) is 0.519. The van der Waals surface area contributed by atoms with Gasteiger partial charge in [0.15, 0.2) is 0 Å². The van der Waals surface area contributed by atoms with E-state index in [-0.39, 0.29) is 0 Å². The van der Waals surface area contributed by atoms with Crippen molar-refractivity contribution in [1.29, 1.82) is 0 Å². The molecule has 0 N–H and O–H groups in total. The Morgan fingerprint density at radius 1 is 1.50 bits per heavy atom. The Kier molecular flexibility index (Phi) is 6.25. The molecule has 0 radical (unpaired) electrons. The van der Waals surface area contributed by atoms with Crippen LogP contribution >= 0.6 is 0 Å². The number of likely N-dealkylation sites (N-methyl/N-ethyl adjacent to an activating group) is 1. The van der Waals surface area contributed by atoms with E-state index in [4.69, 9.17) is 11.2 Å². The molecule has 2 nitrogen and oxygen atoms in total. The van der Waals surface area contributed by atoms with Gasteiger partial charge in [-0.05, 0) is 7.05 Å². The van der Waals surface area contributed by atoms with Crippen LogP contribution in [0.3, 0.4) is 0 Å². The number of terminal acetylenes is 1. The summed E-state index contributed by atoms with van der Waals surface area (Å²) in [6, 6.07) is 0. The molecule has 0 aromatic heterocycles. The molecular formula is C8H15NO. The maximum Gasteiger partial charge on any atom is 0.0589 e. The molecule has 0 unspecified atom stereocenters. The number of rotatable bonds is 5. The molecule has 0 aliphatic heterocycles. The molecule has 0 amide bonds. The van der Waals surface area contributed by atoms with Gasteiger partial charge in [0.05, 0.1) is 6.61 Å². The maximum absolute atomic E-state index is 5.10. The van der Waals surface area contributed by atoms with Gasteiger partial charge in [0.1, 0.15) is 0 Å². The van der Waals surface area contributed by atoms with Crippen molar-refractivity contribution in [1.82, 2.24) is 4.90 Å². The Labute approximate surface area is 63.2 Å². The summed E-state index contributed by atoms with van der Waals surface area (Å²) in [5.41, 5.74) is 0. The monoisotopic (exact) mass is 141 g/mol. The van der Waals surface area contributed by atoms with E-state index < -0.39 is 0 Å². The summed E-state index contributed by atoms with van der Waals surface area (Å²) < 4.78 is 4.90. The number of hydrogen-bond acceptors (Lipinski definition) is 2. The Morgan fingerprint density at radius 3 is 2.70 bits per heavy atom. The summed E-state index contributed by atoms with van der Waals surface area (Å²) in [4.78, 5) is 2.16. The molecular weight excluding hydrogens is 126 g/mol. The molecule has 0 spiro atoms. The standard InChI is InChI=1S/C8H15NO/c1-4-5-6-9(2)7-8-10-3/h1H,5-8H2,2-3H3. The number of nitrogens with zero attached hydrogens (tertiary/aromatic N) is 1. The van der Waals surface area contributed by atoms with Gasteiger partial charge in [-0.1, -0.05) is 0 Å². The van der Waals surface area contributed by atoms with Crippen molar-refractivity contribution in [3.05, 3.63) is 0 Å². The summed E-state index contributed by atoms with van der Waals surface area (Å²) in [6.07, 6.45) is 5.92. The lowest BCUT2D eigenvalue weighted by Gasteiger charge is -2.13. The molecule has 0 aromatic carbocycles. The Morgan fingerprint density at radius 2 is 2.20 bits per heavy atom. The van der Waals surface area contributed by atoms with Crippen LogP contribution in [0.1, 0.15) is 6.42 Å². The highest BCUT2D eigenvalue weighted by Gasteiger charge is 1.93. The largest absolute Gasteiger partial charge is 0.383 e. The minimum absolute atomic E-state index is 0.779. The van der Waals surface area contributed by atoms with Crippen LogP contribution in [0.15, 0.2) is 0 Å². The molecule has 0 atom stereocenters. The Hall–Kier alpha value is -0.520. The van der Waals surface area contributed by atoms with Crippen LogP contribution in [-0.4, -0.2) is 38.8 Å². The van der Waals surface area contributed by atoms with Gasteiger partial charge >= 0.3 is 0 Å². The Balaban J connectivity index is 3.10. The molecule has 58 valence electrons. The first-order valence-electron chi connectivity index (χ1n) is 3.42. The number of hydrogen-bond donors (Lipinski definition) is 0. The zero-order valence-electron chi connectivity index (χ0n) is 6.76. The predicted molar refractivity (Wildman–Crippen MR) is 42.8 cm³/mol. The fourth-order valence-electron chi connectivity index (χ4n) is 0.614. The predicted octanol–water partition coefficient (Wildman–Crippen LogP) is 0.588. The molecule has 0 heterocycles. The Bertz CT molecular complexity index is 106. The van der Waals surface area contributed by atoms with Gasteiger partial charge in [0.25, 0.3) is 0 Å². The first-order chi connectivity index (χ1) is 4.81. The highest BCUT2D eigenvalue weighted by molar-refractivity contribution is 4.84. The SMILES string of the molecule is C#CCCN(C)CCOC. The van der Waals surface area contributed by atoms with Crippen LogP contribution in [0.25, 0.3) is 0 Å². The molecule has 10 heavy (non-hydrogen) atoms. The van der Waals surface area contributed by atoms with E-state index in [9.17, 15) is 0 Å². The molecule has 0 bridgehead atoms. The fourth-order valence-corrected chi connectivity index (χ4v) is 0.614. The van der Waals surface area contributed by atoms with Gasteiger partial charge in [0, 0.05) is 26.6 Å². The second-order valence-corrected chi connectivity index (χ2v) is 2.25. The molecule has 0 rings (SSSR count). The van der Waals surface area contributed by atoms with Crippen molar-refractivity contribution in [2.24, 2.45) is 0 Å². The van der Waals surface area contributed by atoms with E-state index in [0.717, 1.165) is 26.1 Å². The number of ether oxygens (including phenoxy) is 1. The van der Waals surface area contributed by atoms with Crippen LogP contribution < -0.4 is 0 Å². The van der Waals surface area contributed by atoms with Crippen LogP contribution in [0.2, 0.25) is 0 Å². The smallest absolute Gasteiger partial charge is 0.0589 e. The average Bonchev–Trinajstić information content (AvgIpc) is 1.97. The molecule has 0 saturated heterocycles. The van der Waals surface area contributed by atoms with E-state index in [1.54, 1.807) is 7.11 Å². The second-order valence-electron chi connectivity index (χ2n) is 2.25. The molecule has 0 aliphatic rings. The van der Waals surface area contributed by atoms with E-state index in [1.807, 2.05) is 7.05 Å². The highest BCUT2D eigenvalue weighted by atomic mass is 16.5. The van der Waals surface area contributed by atoms with Gasteiger partial charge in [-0.25, -0.2) is 0 Å². The van der Waals surface area contributed by atoms with E-state index in [0.29, 0.717) is 0 Å². The summed E-state index contributed by atoms with van der Waals surface area (Å²) >= 11 is 0. The maximum atomic E-state index is 5.10. The fraction of sp³-hybridized carbons (Fsp3) is 0.750.